The Balaban J connectivity index is 1.37. The summed E-state index contributed by atoms with van der Waals surface area (Å²) in [7, 11) is -2.26. The highest BCUT2D eigenvalue weighted by Gasteiger charge is 2.26. The number of hydrogen-bond donors (Lipinski definition) is 0. The van der Waals surface area contributed by atoms with Crippen molar-refractivity contribution in [3.05, 3.63) is 64.7 Å². The van der Waals surface area contributed by atoms with E-state index < -0.39 is 21.7 Å². The number of sulfonamides is 1. The van der Waals surface area contributed by atoms with Crippen LogP contribution in [-0.4, -0.2) is 74.1 Å². The van der Waals surface area contributed by atoms with Crippen molar-refractivity contribution in [3.63, 3.8) is 0 Å². The molecule has 0 aliphatic carbocycles. The second-order valence-corrected chi connectivity index (χ2v) is 11.0. The topological polar surface area (TPSA) is 64.2 Å². The van der Waals surface area contributed by atoms with Crippen LogP contribution in [0, 0.1) is 11.6 Å². The Morgan fingerprint density at radius 1 is 1.00 bits per heavy atom. The standard InChI is InChI=1S/C24H30F2N4O3S/c1-18(31)29-9-11-30(12-10-29)23-6-4-20-16-28(8-7-19(20)13-23)17-34(32,33)27(2)15-21-3-5-22(25)14-24(21)26/h3-6,13-14H,7-12,15-17H2,1-2H3. The molecule has 0 radical (unpaired) electrons. The lowest BCUT2D eigenvalue weighted by molar-refractivity contribution is -0.129. The normalized spacial score (nSPS) is 17.2. The third kappa shape index (κ3) is 5.56. The first-order chi connectivity index (χ1) is 16.1. The fourth-order valence-corrected chi connectivity index (χ4v) is 5.72. The van der Waals surface area contributed by atoms with Crippen molar-refractivity contribution in [1.82, 2.24) is 14.1 Å². The quantitative estimate of drug-likeness (QED) is 0.620. The Morgan fingerprint density at radius 3 is 2.41 bits per heavy atom. The van der Waals surface area contributed by atoms with E-state index in [1.807, 2.05) is 9.80 Å². The van der Waals surface area contributed by atoms with Gasteiger partial charge in [-0.3, -0.25) is 9.69 Å². The van der Waals surface area contributed by atoms with Crippen LogP contribution in [0.5, 0.6) is 0 Å². The summed E-state index contributed by atoms with van der Waals surface area (Å²) in [4.78, 5) is 17.6. The van der Waals surface area contributed by atoms with Gasteiger partial charge in [-0.2, -0.15) is 4.31 Å². The fraction of sp³-hybridized carbons (Fsp3) is 0.458. The van der Waals surface area contributed by atoms with Gasteiger partial charge < -0.3 is 9.80 Å². The lowest BCUT2D eigenvalue weighted by Crippen LogP contribution is -2.48. The van der Waals surface area contributed by atoms with Crippen LogP contribution in [0.25, 0.3) is 0 Å². The van der Waals surface area contributed by atoms with Crippen molar-refractivity contribution in [2.45, 2.75) is 26.4 Å². The molecule has 0 spiro atoms. The Morgan fingerprint density at radius 2 is 1.74 bits per heavy atom. The van der Waals surface area contributed by atoms with E-state index in [1.54, 1.807) is 6.92 Å². The highest BCUT2D eigenvalue weighted by atomic mass is 32.2. The first-order valence-electron chi connectivity index (χ1n) is 11.3. The Bertz CT molecular complexity index is 1170. The minimum absolute atomic E-state index is 0.105. The summed E-state index contributed by atoms with van der Waals surface area (Å²) in [6.07, 6.45) is 0.739. The molecular formula is C24H30F2N4O3S. The summed E-state index contributed by atoms with van der Waals surface area (Å²) in [6, 6.07) is 9.44. The van der Waals surface area contributed by atoms with Crippen molar-refractivity contribution in [3.8, 4) is 0 Å². The summed E-state index contributed by atoms with van der Waals surface area (Å²) in [6.45, 7) is 5.59. The smallest absolute Gasteiger partial charge is 0.227 e. The molecule has 0 unspecified atom stereocenters. The molecule has 2 heterocycles. The summed E-state index contributed by atoms with van der Waals surface area (Å²) in [5.41, 5.74) is 3.57. The Labute approximate surface area is 199 Å². The van der Waals surface area contributed by atoms with Crippen molar-refractivity contribution in [2.75, 3.05) is 50.5 Å². The number of nitrogens with zero attached hydrogens (tertiary/aromatic N) is 4. The van der Waals surface area contributed by atoms with E-state index in [2.05, 4.69) is 23.1 Å². The zero-order valence-electron chi connectivity index (χ0n) is 19.5. The minimum Gasteiger partial charge on any atom is -0.368 e. The van der Waals surface area contributed by atoms with E-state index in [0.717, 1.165) is 47.2 Å². The number of rotatable bonds is 6. The van der Waals surface area contributed by atoms with E-state index >= 15 is 0 Å². The van der Waals surface area contributed by atoms with Gasteiger partial charge in [-0.25, -0.2) is 17.2 Å². The second-order valence-electron chi connectivity index (χ2n) is 8.98. The fourth-order valence-electron chi connectivity index (χ4n) is 4.50. The predicted molar refractivity (Wildman–Crippen MR) is 127 cm³/mol. The molecule has 0 saturated carbocycles. The van der Waals surface area contributed by atoms with Crippen LogP contribution in [0.2, 0.25) is 0 Å². The van der Waals surface area contributed by atoms with E-state index in [0.29, 0.717) is 26.2 Å². The number of halogens is 2. The summed E-state index contributed by atoms with van der Waals surface area (Å²) >= 11 is 0. The van der Waals surface area contributed by atoms with Gasteiger partial charge in [-0.05, 0) is 35.7 Å². The summed E-state index contributed by atoms with van der Waals surface area (Å²) in [5, 5.41) is 0. The maximum Gasteiger partial charge on any atom is 0.227 e. The van der Waals surface area contributed by atoms with Crippen molar-refractivity contribution >= 4 is 21.6 Å². The molecule has 0 bridgehead atoms. The number of carbonyl (C=O) groups excluding carboxylic acids is 1. The average Bonchev–Trinajstić information content (AvgIpc) is 2.80. The average molecular weight is 493 g/mol. The summed E-state index contributed by atoms with van der Waals surface area (Å²) < 4.78 is 54.0. The van der Waals surface area contributed by atoms with Crippen molar-refractivity contribution in [2.24, 2.45) is 0 Å². The van der Waals surface area contributed by atoms with E-state index in [1.165, 1.54) is 18.7 Å². The monoisotopic (exact) mass is 492 g/mol. The zero-order valence-corrected chi connectivity index (χ0v) is 20.3. The van der Waals surface area contributed by atoms with Crippen LogP contribution in [0.15, 0.2) is 36.4 Å². The maximum atomic E-state index is 14.0. The van der Waals surface area contributed by atoms with Crippen molar-refractivity contribution < 1.29 is 22.0 Å². The first-order valence-corrected chi connectivity index (χ1v) is 13.0. The van der Waals surface area contributed by atoms with Crippen LogP contribution in [0.1, 0.15) is 23.6 Å². The van der Waals surface area contributed by atoms with Crippen molar-refractivity contribution in [1.29, 1.82) is 0 Å². The number of fused-ring (bicyclic) bond motifs is 1. The van der Waals surface area contributed by atoms with Gasteiger partial charge in [0.1, 0.15) is 17.5 Å². The molecule has 0 N–H and O–H groups in total. The van der Waals surface area contributed by atoms with Gasteiger partial charge in [0.05, 0.1) is 0 Å². The SMILES string of the molecule is CC(=O)N1CCN(c2ccc3c(c2)CCN(CS(=O)(=O)N(C)Cc2ccc(F)cc2F)C3)CC1. The molecule has 1 fully saturated rings. The van der Waals surface area contributed by atoms with Crippen LogP contribution in [-0.2, 0) is 34.3 Å². The van der Waals surface area contributed by atoms with E-state index in [9.17, 15) is 22.0 Å². The zero-order chi connectivity index (χ0) is 24.5. The van der Waals surface area contributed by atoms with Gasteiger partial charge in [0.25, 0.3) is 0 Å². The van der Waals surface area contributed by atoms with Crippen LogP contribution in [0.3, 0.4) is 0 Å². The van der Waals surface area contributed by atoms with Gasteiger partial charge in [-0.1, -0.05) is 12.1 Å². The maximum absolute atomic E-state index is 14.0. The van der Waals surface area contributed by atoms with Gasteiger partial charge >= 0.3 is 0 Å². The van der Waals surface area contributed by atoms with Crippen LogP contribution >= 0.6 is 0 Å². The van der Waals surface area contributed by atoms with Gasteiger partial charge in [0, 0.05) is 77.1 Å². The molecule has 2 aliphatic rings. The molecule has 2 aliphatic heterocycles. The molecule has 10 heteroatoms. The minimum atomic E-state index is -3.67. The number of benzene rings is 2. The van der Waals surface area contributed by atoms with Crippen LogP contribution in [0.4, 0.5) is 14.5 Å². The largest absolute Gasteiger partial charge is 0.368 e. The molecule has 4 rings (SSSR count). The molecule has 1 amide bonds. The number of anilines is 1. The Kier molecular flexibility index (Phi) is 7.20. The predicted octanol–water partition coefficient (Wildman–Crippen LogP) is 2.41. The molecule has 0 atom stereocenters. The Hall–Kier alpha value is -2.56. The first kappa shape index (κ1) is 24.6. The number of hydrogen-bond acceptors (Lipinski definition) is 5. The number of carbonyl (C=O) groups is 1. The molecule has 7 nitrogen and oxygen atoms in total. The molecule has 184 valence electrons. The van der Waals surface area contributed by atoms with Gasteiger partial charge in [0.2, 0.25) is 15.9 Å². The van der Waals surface area contributed by atoms with Crippen LogP contribution < -0.4 is 4.90 Å². The highest BCUT2D eigenvalue weighted by Crippen LogP contribution is 2.26. The second kappa shape index (κ2) is 9.97. The summed E-state index contributed by atoms with van der Waals surface area (Å²) in [5.74, 6) is -1.51. The van der Waals surface area contributed by atoms with Gasteiger partial charge in [0.15, 0.2) is 0 Å². The van der Waals surface area contributed by atoms with Gasteiger partial charge in [-0.15, -0.1) is 0 Å². The number of amides is 1. The molecule has 1 saturated heterocycles. The third-order valence-electron chi connectivity index (χ3n) is 6.60. The molecule has 0 aromatic heterocycles. The van der Waals surface area contributed by atoms with E-state index in [4.69, 9.17) is 0 Å². The van der Waals surface area contributed by atoms with E-state index in [-0.39, 0.29) is 23.9 Å². The molecule has 2 aromatic carbocycles. The lowest BCUT2D eigenvalue weighted by atomic mass is 9.99. The number of piperazine rings is 1. The third-order valence-corrected chi connectivity index (χ3v) is 8.37. The molecule has 2 aromatic rings. The molecule has 34 heavy (non-hydrogen) atoms. The molecular weight excluding hydrogens is 462 g/mol. The highest BCUT2D eigenvalue weighted by molar-refractivity contribution is 7.88. The lowest BCUT2D eigenvalue weighted by Gasteiger charge is -2.36.